The number of likely N-dealkylation sites (tertiary alicyclic amines) is 1. The van der Waals surface area contributed by atoms with Gasteiger partial charge in [0.15, 0.2) is 18.1 Å². The molecule has 3 amide bonds. The molecule has 4 bridgehead atoms. The van der Waals surface area contributed by atoms with Gasteiger partial charge in [0.2, 0.25) is 5.91 Å². The first-order chi connectivity index (χ1) is 22.9. The van der Waals surface area contributed by atoms with Gasteiger partial charge in [0, 0.05) is 67.8 Å². The van der Waals surface area contributed by atoms with Gasteiger partial charge in [-0.1, -0.05) is 6.07 Å². The van der Waals surface area contributed by atoms with Gasteiger partial charge in [-0.3, -0.25) is 14.4 Å². The third-order valence-electron chi connectivity index (χ3n) is 8.35. The Hall–Kier alpha value is -5.52. The van der Waals surface area contributed by atoms with Crippen LogP contribution in [0.25, 0.3) is 5.69 Å². The number of hydrogen-bond donors (Lipinski definition) is 2. The number of amides is 3. The lowest BCUT2D eigenvalue weighted by Gasteiger charge is -2.39. The number of nitrogens with zero attached hydrogens (tertiary/aromatic N) is 3. The molecule has 3 aliphatic rings. The number of imidazole rings is 1. The number of hydrogen-bond acceptors (Lipinski definition) is 8. The molecule has 2 N–H and O–H groups in total. The van der Waals surface area contributed by atoms with E-state index in [1.54, 1.807) is 54.9 Å². The predicted molar refractivity (Wildman–Crippen MR) is 172 cm³/mol. The predicted octanol–water partition coefficient (Wildman–Crippen LogP) is 3.31. The minimum Gasteiger partial charge on any atom is -0.496 e. The summed E-state index contributed by atoms with van der Waals surface area (Å²) in [5.74, 6) is 1.36. The molecular formula is C35H37N5O7. The fraction of sp³-hybridized carbons (Fsp3) is 0.314. The molecule has 2 atom stereocenters. The maximum absolute atomic E-state index is 13.6. The molecule has 0 radical (unpaired) electrons. The van der Waals surface area contributed by atoms with Crippen molar-refractivity contribution in [2.75, 3.05) is 33.9 Å². The van der Waals surface area contributed by atoms with Crippen molar-refractivity contribution in [1.29, 1.82) is 0 Å². The van der Waals surface area contributed by atoms with Crippen LogP contribution in [0.1, 0.15) is 34.3 Å². The van der Waals surface area contributed by atoms with Crippen LogP contribution in [0.15, 0.2) is 79.4 Å². The Morgan fingerprint density at radius 1 is 0.957 bits per heavy atom. The van der Waals surface area contributed by atoms with Gasteiger partial charge in [0.1, 0.15) is 17.6 Å². The molecule has 12 nitrogen and oxygen atoms in total. The molecule has 0 aliphatic carbocycles. The highest BCUT2D eigenvalue weighted by molar-refractivity contribution is 5.94. The molecule has 0 saturated carbocycles. The highest BCUT2D eigenvalue weighted by Gasteiger charge is 2.35. The first kappa shape index (κ1) is 31.5. The van der Waals surface area contributed by atoms with Gasteiger partial charge in [-0.2, -0.15) is 0 Å². The molecule has 0 spiro atoms. The Balaban J connectivity index is 1.24. The molecule has 1 fully saturated rings. The summed E-state index contributed by atoms with van der Waals surface area (Å²) in [6.45, 7) is 0.677. The van der Waals surface area contributed by atoms with E-state index in [4.69, 9.17) is 18.9 Å². The lowest BCUT2D eigenvalue weighted by molar-refractivity contribution is -0.125. The maximum atomic E-state index is 13.6. The summed E-state index contributed by atoms with van der Waals surface area (Å²) in [5, 5.41) is 6.00. The number of piperidine rings is 1. The smallest absolute Gasteiger partial charge is 0.258 e. The summed E-state index contributed by atoms with van der Waals surface area (Å²) in [6, 6.07) is 17.6. The molecule has 1 saturated heterocycles. The second kappa shape index (κ2) is 14.3. The Morgan fingerprint density at radius 3 is 2.55 bits per heavy atom. The van der Waals surface area contributed by atoms with E-state index < -0.39 is 12.1 Å². The first-order valence-electron chi connectivity index (χ1n) is 15.5. The molecule has 244 valence electrons. The van der Waals surface area contributed by atoms with Crippen molar-refractivity contribution >= 4 is 17.7 Å². The summed E-state index contributed by atoms with van der Waals surface area (Å²) < 4.78 is 25.3. The molecule has 1 aromatic heterocycles. The maximum Gasteiger partial charge on any atom is 0.258 e. The van der Waals surface area contributed by atoms with Crippen LogP contribution >= 0.6 is 0 Å². The summed E-state index contributed by atoms with van der Waals surface area (Å²) in [6.07, 6.45) is 6.00. The molecule has 4 aromatic rings. The van der Waals surface area contributed by atoms with Gasteiger partial charge in [0.25, 0.3) is 11.8 Å². The molecule has 3 aliphatic heterocycles. The van der Waals surface area contributed by atoms with Gasteiger partial charge in [-0.15, -0.1) is 0 Å². The normalized spacial score (nSPS) is 18.6. The lowest BCUT2D eigenvalue weighted by Crippen LogP contribution is -2.58. The highest BCUT2D eigenvalue weighted by atomic mass is 16.5. The second-order valence-electron chi connectivity index (χ2n) is 11.4. The zero-order valence-corrected chi connectivity index (χ0v) is 26.3. The van der Waals surface area contributed by atoms with Crippen LogP contribution in [-0.2, 0) is 22.6 Å². The number of carbonyl (C=O) groups is 3. The van der Waals surface area contributed by atoms with Crippen molar-refractivity contribution in [2.24, 2.45) is 0 Å². The Kier molecular flexibility index (Phi) is 9.56. The number of rotatable bonds is 4. The lowest BCUT2D eigenvalue weighted by atomic mass is 10.0. The van der Waals surface area contributed by atoms with Crippen LogP contribution in [0, 0.1) is 0 Å². The van der Waals surface area contributed by atoms with Crippen molar-refractivity contribution in [3.8, 4) is 28.7 Å². The summed E-state index contributed by atoms with van der Waals surface area (Å²) >= 11 is 0. The Morgan fingerprint density at radius 2 is 1.79 bits per heavy atom. The van der Waals surface area contributed by atoms with Crippen molar-refractivity contribution < 1.29 is 33.3 Å². The van der Waals surface area contributed by atoms with Crippen molar-refractivity contribution in [3.63, 3.8) is 0 Å². The van der Waals surface area contributed by atoms with E-state index in [2.05, 4.69) is 15.6 Å². The molecule has 12 heteroatoms. The van der Waals surface area contributed by atoms with Crippen LogP contribution in [0.5, 0.6) is 23.0 Å². The topological polar surface area (TPSA) is 133 Å². The summed E-state index contributed by atoms with van der Waals surface area (Å²) in [7, 11) is 3.09. The van der Waals surface area contributed by atoms with Crippen molar-refractivity contribution in [1.82, 2.24) is 25.1 Å². The Labute approximate surface area is 272 Å². The van der Waals surface area contributed by atoms with E-state index in [1.165, 1.54) is 7.11 Å². The van der Waals surface area contributed by atoms with E-state index in [0.717, 1.165) is 16.8 Å². The van der Waals surface area contributed by atoms with Crippen LogP contribution < -0.4 is 29.6 Å². The fourth-order valence-corrected chi connectivity index (χ4v) is 5.81. The average Bonchev–Trinajstić information content (AvgIpc) is 3.65. The number of nitrogens with one attached hydrogen (secondary N) is 2. The van der Waals surface area contributed by atoms with Crippen molar-refractivity contribution in [2.45, 2.75) is 38.0 Å². The quantitative estimate of drug-likeness (QED) is 0.348. The van der Waals surface area contributed by atoms with Crippen LogP contribution in [0.4, 0.5) is 0 Å². The standard InChI is InChI=1S/C35H37N5O7/c1-44-30-11-3-23-4-12-33(41)37-19-25-7-10-27(18-31(25)45-2)47-29-13-15-39(20-28(29)38-34(42)21-46-32(30)17-23)35(43)24-5-8-26(9-6-24)40-16-14-36-22-40/h3,5-11,14,16-18,22,28-29H,4,12-13,15,19-21H2,1-2H3,(H,37,41)(H,38,42)/t28-,29+/m1/s1. The average molecular weight is 640 g/mol. The molecule has 7 rings (SSSR count). The zero-order valence-electron chi connectivity index (χ0n) is 26.3. The van der Waals surface area contributed by atoms with Gasteiger partial charge >= 0.3 is 0 Å². The summed E-state index contributed by atoms with van der Waals surface area (Å²) in [4.78, 5) is 45.4. The van der Waals surface area contributed by atoms with Crippen molar-refractivity contribution in [3.05, 3.63) is 96.1 Å². The number of aryl methyl sites for hydroxylation is 1. The monoisotopic (exact) mass is 639 g/mol. The van der Waals surface area contributed by atoms with Crippen LogP contribution in [0.2, 0.25) is 0 Å². The fourth-order valence-electron chi connectivity index (χ4n) is 5.81. The zero-order chi connectivity index (χ0) is 32.8. The number of carbonyl (C=O) groups excluding carboxylic acids is 3. The SMILES string of the molecule is COc1cc2ccc1CNC(=O)CCc1ccc(OC)c(c1)OCC(=O)N[C@@H]1CN(C(=O)c3ccc(-n4ccnc4)cc3)CC[C@@H]1O2. The van der Waals surface area contributed by atoms with Gasteiger partial charge in [-0.25, -0.2) is 4.98 Å². The molecule has 47 heavy (non-hydrogen) atoms. The number of aromatic nitrogens is 2. The number of ether oxygens (including phenoxy) is 4. The van der Waals surface area contributed by atoms with E-state index in [0.29, 0.717) is 54.5 Å². The second-order valence-corrected chi connectivity index (χ2v) is 11.4. The van der Waals surface area contributed by atoms with E-state index >= 15 is 0 Å². The van der Waals surface area contributed by atoms with Gasteiger partial charge in [0.05, 0.1) is 26.6 Å². The summed E-state index contributed by atoms with van der Waals surface area (Å²) in [5.41, 5.74) is 3.10. The van der Waals surface area contributed by atoms with Gasteiger partial charge in [-0.05, 0) is 60.5 Å². The number of benzene rings is 3. The third-order valence-corrected chi connectivity index (χ3v) is 8.35. The first-order valence-corrected chi connectivity index (χ1v) is 15.5. The Bertz CT molecular complexity index is 1720. The number of fused-ring (bicyclic) bond motifs is 9. The minimum atomic E-state index is -0.533. The largest absolute Gasteiger partial charge is 0.496 e. The molecular weight excluding hydrogens is 602 g/mol. The van der Waals surface area contributed by atoms with Crippen LogP contribution in [0.3, 0.4) is 0 Å². The van der Waals surface area contributed by atoms with Gasteiger partial charge < -0.3 is 39.0 Å². The minimum absolute atomic E-state index is 0.110. The third kappa shape index (κ3) is 7.49. The van der Waals surface area contributed by atoms with E-state index in [1.807, 2.05) is 41.1 Å². The highest BCUT2D eigenvalue weighted by Crippen LogP contribution is 2.30. The molecule has 0 unspecified atom stereocenters. The molecule has 4 heterocycles. The van der Waals surface area contributed by atoms with E-state index in [-0.39, 0.29) is 37.3 Å². The molecule has 3 aromatic carbocycles. The van der Waals surface area contributed by atoms with Crippen LogP contribution in [-0.4, -0.2) is 78.2 Å². The number of methoxy groups -OCH3 is 2. The van der Waals surface area contributed by atoms with E-state index in [9.17, 15) is 14.4 Å².